The molecule has 1 unspecified atom stereocenters. The Bertz CT molecular complexity index is 422. The molecule has 0 aliphatic rings. The van der Waals surface area contributed by atoms with Crippen LogP contribution in [0.2, 0.25) is 0 Å². The standard InChI is InChI=1S/C14H21N3O/c1-3-11(4-2)14(18)9-17-13-7-10(8-15)5-6-12(13)16/h5-7,11,14,17-18H,3-4,9,16H2,1-2H3. The number of aliphatic hydroxyl groups is 1. The van der Waals surface area contributed by atoms with Gasteiger partial charge in [0.15, 0.2) is 0 Å². The summed E-state index contributed by atoms with van der Waals surface area (Å²) in [5.74, 6) is 0.290. The van der Waals surface area contributed by atoms with Crippen molar-refractivity contribution in [2.24, 2.45) is 5.92 Å². The monoisotopic (exact) mass is 247 g/mol. The van der Waals surface area contributed by atoms with Crippen molar-refractivity contribution < 1.29 is 5.11 Å². The highest BCUT2D eigenvalue weighted by Gasteiger charge is 2.15. The number of benzene rings is 1. The molecular weight excluding hydrogens is 226 g/mol. The third-order valence-electron chi connectivity index (χ3n) is 3.28. The molecule has 1 atom stereocenters. The van der Waals surface area contributed by atoms with Gasteiger partial charge in [0.1, 0.15) is 0 Å². The third-order valence-corrected chi connectivity index (χ3v) is 3.28. The van der Waals surface area contributed by atoms with Gasteiger partial charge >= 0.3 is 0 Å². The molecule has 0 fully saturated rings. The number of anilines is 2. The maximum atomic E-state index is 10.0. The summed E-state index contributed by atoms with van der Waals surface area (Å²) < 4.78 is 0. The topological polar surface area (TPSA) is 82.1 Å². The van der Waals surface area contributed by atoms with Crippen LogP contribution >= 0.6 is 0 Å². The van der Waals surface area contributed by atoms with E-state index >= 15 is 0 Å². The molecule has 0 aromatic heterocycles. The number of rotatable bonds is 6. The zero-order chi connectivity index (χ0) is 13.5. The van der Waals surface area contributed by atoms with Gasteiger partial charge in [-0.25, -0.2) is 0 Å². The number of hydrogen-bond acceptors (Lipinski definition) is 4. The van der Waals surface area contributed by atoms with E-state index in [-0.39, 0.29) is 5.92 Å². The number of aliphatic hydroxyl groups excluding tert-OH is 1. The minimum atomic E-state index is -0.398. The Morgan fingerprint density at radius 1 is 1.39 bits per heavy atom. The van der Waals surface area contributed by atoms with Gasteiger partial charge in [0.05, 0.1) is 29.1 Å². The first-order chi connectivity index (χ1) is 8.62. The summed E-state index contributed by atoms with van der Waals surface area (Å²) >= 11 is 0. The van der Waals surface area contributed by atoms with Crippen molar-refractivity contribution in [1.29, 1.82) is 5.26 Å². The molecule has 0 aliphatic heterocycles. The first-order valence-corrected chi connectivity index (χ1v) is 6.33. The second-order valence-electron chi connectivity index (χ2n) is 4.44. The SMILES string of the molecule is CCC(CC)C(O)CNc1cc(C#N)ccc1N. The van der Waals surface area contributed by atoms with Gasteiger partial charge in [-0.15, -0.1) is 0 Å². The van der Waals surface area contributed by atoms with E-state index in [1.165, 1.54) is 0 Å². The minimum absolute atomic E-state index is 0.290. The first kappa shape index (κ1) is 14.3. The Morgan fingerprint density at radius 3 is 2.61 bits per heavy atom. The van der Waals surface area contributed by atoms with Crippen LogP contribution in [0.15, 0.2) is 18.2 Å². The van der Waals surface area contributed by atoms with E-state index in [0.29, 0.717) is 23.5 Å². The predicted molar refractivity (Wildman–Crippen MR) is 74.1 cm³/mol. The van der Waals surface area contributed by atoms with Crippen molar-refractivity contribution in [2.45, 2.75) is 32.8 Å². The summed E-state index contributed by atoms with van der Waals surface area (Å²) in [5.41, 5.74) is 7.67. The van der Waals surface area contributed by atoms with Gasteiger partial charge in [0.2, 0.25) is 0 Å². The second kappa shape index (κ2) is 6.87. The Balaban J connectivity index is 2.66. The molecule has 4 nitrogen and oxygen atoms in total. The highest BCUT2D eigenvalue weighted by molar-refractivity contribution is 5.68. The smallest absolute Gasteiger partial charge is 0.0992 e. The maximum absolute atomic E-state index is 10.0. The van der Waals surface area contributed by atoms with Crippen LogP contribution in [0.1, 0.15) is 32.3 Å². The molecule has 0 aliphatic carbocycles. The van der Waals surface area contributed by atoms with Crippen molar-refractivity contribution in [3.8, 4) is 6.07 Å². The predicted octanol–water partition coefficient (Wildman–Crippen LogP) is 2.35. The fourth-order valence-electron chi connectivity index (χ4n) is 1.99. The largest absolute Gasteiger partial charge is 0.397 e. The van der Waals surface area contributed by atoms with Crippen LogP contribution in [0.3, 0.4) is 0 Å². The van der Waals surface area contributed by atoms with E-state index in [2.05, 4.69) is 25.2 Å². The molecule has 0 spiro atoms. The van der Waals surface area contributed by atoms with E-state index in [4.69, 9.17) is 11.0 Å². The maximum Gasteiger partial charge on any atom is 0.0992 e. The van der Waals surface area contributed by atoms with Gasteiger partial charge in [-0.3, -0.25) is 0 Å². The van der Waals surface area contributed by atoms with E-state index in [1.807, 2.05) is 0 Å². The van der Waals surface area contributed by atoms with E-state index in [9.17, 15) is 5.11 Å². The molecule has 1 aromatic carbocycles. The third kappa shape index (κ3) is 3.64. The van der Waals surface area contributed by atoms with Crippen LogP contribution in [0, 0.1) is 17.2 Å². The average Bonchev–Trinajstić information content (AvgIpc) is 2.39. The van der Waals surface area contributed by atoms with Gasteiger partial charge in [-0.1, -0.05) is 26.7 Å². The lowest BCUT2D eigenvalue weighted by atomic mass is 9.96. The molecule has 18 heavy (non-hydrogen) atoms. The molecule has 0 saturated heterocycles. The highest BCUT2D eigenvalue weighted by Crippen LogP contribution is 2.21. The molecule has 0 radical (unpaired) electrons. The number of nitrogens with one attached hydrogen (secondary N) is 1. The van der Waals surface area contributed by atoms with E-state index in [0.717, 1.165) is 12.8 Å². The summed E-state index contributed by atoms with van der Waals surface area (Å²) in [4.78, 5) is 0. The van der Waals surface area contributed by atoms with Crippen LogP contribution in [0.4, 0.5) is 11.4 Å². The fourth-order valence-corrected chi connectivity index (χ4v) is 1.99. The van der Waals surface area contributed by atoms with Gasteiger partial charge in [0, 0.05) is 6.54 Å². The Labute approximate surface area is 108 Å². The summed E-state index contributed by atoms with van der Waals surface area (Å²) in [5, 5.41) is 22.0. The van der Waals surface area contributed by atoms with Crippen molar-refractivity contribution in [2.75, 3.05) is 17.6 Å². The van der Waals surface area contributed by atoms with Crippen molar-refractivity contribution in [3.05, 3.63) is 23.8 Å². The second-order valence-corrected chi connectivity index (χ2v) is 4.44. The van der Waals surface area contributed by atoms with Crippen LogP contribution in [0.5, 0.6) is 0 Å². The molecule has 0 bridgehead atoms. The van der Waals surface area contributed by atoms with Crippen LogP contribution < -0.4 is 11.1 Å². The molecule has 0 saturated carbocycles. The summed E-state index contributed by atoms with van der Waals surface area (Å²) in [6, 6.07) is 7.15. The first-order valence-electron chi connectivity index (χ1n) is 6.33. The average molecular weight is 247 g/mol. The normalized spacial score (nSPS) is 12.2. The molecule has 4 heteroatoms. The molecule has 98 valence electrons. The quantitative estimate of drug-likeness (QED) is 0.674. The Morgan fingerprint density at radius 2 is 2.06 bits per heavy atom. The molecule has 0 amide bonds. The Kier molecular flexibility index (Phi) is 5.47. The highest BCUT2D eigenvalue weighted by atomic mass is 16.3. The summed E-state index contributed by atoms with van der Waals surface area (Å²) in [6.07, 6.45) is 1.50. The van der Waals surface area contributed by atoms with Crippen LogP contribution in [-0.4, -0.2) is 17.8 Å². The van der Waals surface area contributed by atoms with Crippen molar-refractivity contribution in [1.82, 2.24) is 0 Å². The molecule has 1 rings (SSSR count). The lowest BCUT2D eigenvalue weighted by Crippen LogP contribution is -2.27. The molecule has 1 aromatic rings. The lowest BCUT2D eigenvalue weighted by molar-refractivity contribution is 0.114. The zero-order valence-corrected chi connectivity index (χ0v) is 11.0. The number of nitrogens with two attached hydrogens (primary N) is 1. The number of nitrogen functional groups attached to an aromatic ring is 1. The summed E-state index contributed by atoms with van der Waals surface area (Å²) in [7, 11) is 0. The van der Waals surface area contributed by atoms with Gasteiger partial charge < -0.3 is 16.2 Å². The fraction of sp³-hybridized carbons (Fsp3) is 0.500. The van der Waals surface area contributed by atoms with Crippen molar-refractivity contribution in [3.63, 3.8) is 0 Å². The van der Waals surface area contributed by atoms with Gasteiger partial charge in [0.25, 0.3) is 0 Å². The lowest BCUT2D eigenvalue weighted by Gasteiger charge is -2.21. The van der Waals surface area contributed by atoms with Crippen LogP contribution in [0.25, 0.3) is 0 Å². The molecule has 0 heterocycles. The van der Waals surface area contributed by atoms with E-state index < -0.39 is 6.10 Å². The van der Waals surface area contributed by atoms with Crippen molar-refractivity contribution >= 4 is 11.4 Å². The number of nitriles is 1. The van der Waals surface area contributed by atoms with Gasteiger partial charge in [-0.05, 0) is 24.1 Å². The number of hydrogen-bond donors (Lipinski definition) is 3. The minimum Gasteiger partial charge on any atom is -0.397 e. The van der Waals surface area contributed by atoms with Gasteiger partial charge in [-0.2, -0.15) is 5.26 Å². The molecule has 4 N–H and O–H groups in total. The number of nitrogens with zero attached hydrogens (tertiary/aromatic N) is 1. The zero-order valence-electron chi connectivity index (χ0n) is 11.0. The van der Waals surface area contributed by atoms with E-state index in [1.54, 1.807) is 18.2 Å². The molecular formula is C14H21N3O. The van der Waals surface area contributed by atoms with Crippen LogP contribution in [-0.2, 0) is 0 Å². The summed E-state index contributed by atoms with van der Waals surface area (Å²) in [6.45, 7) is 4.59. The Hall–Kier alpha value is -1.73.